The summed E-state index contributed by atoms with van der Waals surface area (Å²) in [5.41, 5.74) is 7.75. The van der Waals surface area contributed by atoms with Crippen LogP contribution in [-0.4, -0.2) is 0 Å². The number of rotatable bonds is 0. The Kier molecular flexibility index (Phi) is 1.59. The van der Waals surface area contributed by atoms with Crippen molar-refractivity contribution in [2.24, 2.45) is 5.92 Å². The Bertz CT molecular complexity index is 555. The first-order chi connectivity index (χ1) is 7.93. The number of allylic oxidation sites excluding steroid dienone is 5. The molecule has 3 aliphatic rings. The highest BCUT2D eigenvalue weighted by molar-refractivity contribution is 5.87. The molecule has 0 saturated carbocycles. The maximum Gasteiger partial charge on any atom is 0.00649 e. The zero-order valence-electron chi connectivity index (χ0n) is 9.24. The van der Waals surface area contributed by atoms with Crippen molar-refractivity contribution in [2.45, 2.75) is 19.3 Å². The van der Waals surface area contributed by atoms with Crippen LogP contribution < -0.4 is 0 Å². The Hall–Kier alpha value is -1.56. The van der Waals surface area contributed by atoms with Crippen LogP contribution in [0.15, 0.2) is 42.0 Å². The molecule has 1 atom stereocenters. The van der Waals surface area contributed by atoms with Crippen LogP contribution in [0.25, 0.3) is 11.6 Å². The van der Waals surface area contributed by atoms with Crippen molar-refractivity contribution in [3.05, 3.63) is 58.7 Å². The third-order valence-corrected chi connectivity index (χ3v) is 4.05. The highest BCUT2D eigenvalue weighted by Gasteiger charge is 2.28. The quantitative estimate of drug-likeness (QED) is 0.602. The van der Waals surface area contributed by atoms with Crippen LogP contribution in [0.3, 0.4) is 0 Å². The zero-order valence-corrected chi connectivity index (χ0v) is 9.24. The van der Waals surface area contributed by atoms with Crippen molar-refractivity contribution in [3.63, 3.8) is 0 Å². The van der Waals surface area contributed by atoms with Gasteiger partial charge in [-0.25, -0.2) is 0 Å². The first-order valence-corrected chi connectivity index (χ1v) is 6.13. The molecule has 1 aromatic rings. The minimum Gasteiger partial charge on any atom is -0.0833 e. The van der Waals surface area contributed by atoms with E-state index in [1.54, 1.807) is 22.3 Å². The molecule has 1 aromatic carbocycles. The normalized spacial score (nSPS) is 24.6. The fourth-order valence-electron chi connectivity index (χ4n) is 3.33. The third kappa shape index (κ3) is 0.996. The summed E-state index contributed by atoms with van der Waals surface area (Å²) in [5.74, 6) is 0.647. The lowest BCUT2D eigenvalue weighted by atomic mass is 9.71. The number of aryl methyl sites for hydroxylation is 1. The van der Waals surface area contributed by atoms with Crippen molar-refractivity contribution in [1.29, 1.82) is 0 Å². The Morgan fingerprint density at radius 2 is 2.06 bits per heavy atom. The van der Waals surface area contributed by atoms with Crippen LogP contribution in [0.5, 0.6) is 0 Å². The van der Waals surface area contributed by atoms with E-state index in [9.17, 15) is 0 Å². The molecule has 0 heteroatoms. The number of hydrogen-bond acceptors (Lipinski definition) is 0. The predicted octanol–water partition coefficient (Wildman–Crippen LogP) is 3.99. The predicted molar refractivity (Wildman–Crippen MR) is 68.0 cm³/mol. The van der Waals surface area contributed by atoms with Gasteiger partial charge >= 0.3 is 0 Å². The third-order valence-electron chi connectivity index (χ3n) is 4.05. The summed E-state index contributed by atoms with van der Waals surface area (Å²) in [6.07, 6.45) is 13.0. The van der Waals surface area contributed by atoms with E-state index in [1.807, 2.05) is 0 Å². The van der Waals surface area contributed by atoms with Crippen LogP contribution in [0.4, 0.5) is 0 Å². The van der Waals surface area contributed by atoms with Gasteiger partial charge in [-0.1, -0.05) is 42.5 Å². The fraction of sp³-hybridized carbons (Fsp3) is 0.250. The van der Waals surface area contributed by atoms with E-state index in [4.69, 9.17) is 0 Å². The van der Waals surface area contributed by atoms with Crippen LogP contribution in [0.2, 0.25) is 0 Å². The summed E-state index contributed by atoms with van der Waals surface area (Å²) >= 11 is 0. The largest absolute Gasteiger partial charge is 0.0833 e. The minimum absolute atomic E-state index is 0.647. The molecule has 3 aliphatic carbocycles. The molecule has 0 N–H and O–H groups in total. The van der Waals surface area contributed by atoms with Gasteiger partial charge in [0.15, 0.2) is 0 Å². The van der Waals surface area contributed by atoms with E-state index in [-0.39, 0.29) is 0 Å². The lowest BCUT2D eigenvalue weighted by molar-refractivity contribution is 0.794. The monoisotopic (exact) mass is 206 g/mol. The van der Waals surface area contributed by atoms with Gasteiger partial charge in [0.2, 0.25) is 0 Å². The molecule has 4 rings (SSSR count). The molecule has 0 bridgehead atoms. The summed E-state index contributed by atoms with van der Waals surface area (Å²) in [4.78, 5) is 0. The van der Waals surface area contributed by atoms with Crippen molar-refractivity contribution in [3.8, 4) is 0 Å². The first-order valence-electron chi connectivity index (χ1n) is 6.13. The fourth-order valence-corrected chi connectivity index (χ4v) is 3.33. The lowest BCUT2D eigenvalue weighted by Gasteiger charge is -2.33. The summed E-state index contributed by atoms with van der Waals surface area (Å²) in [7, 11) is 0. The van der Waals surface area contributed by atoms with Gasteiger partial charge in [0.05, 0.1) is 0 Å². The van der Waals surface area contributed by atoms with E-state index in [0.717, 1.165) is 0 Å². The average molecular weight is 206 g/mol. The lowest BCUT2D eigenvalue weighted by Crippen LogP contribution is -2.16. The first kappa shape index (κ1) is 8.58. The second-order valence-electron chi connectivity index (χ2n) is 4.92. The Labute approximate surface area is 96.0 Å². The van der Waals surface area contributed by atoms with Gasteiger partial charge in [-0.2, -0.15) is 0 Å². The van der Waals surface area contributed by atoms with E-state index in [1.165, 1.54) is 24.8 Å². The molecule has 0 fully saturated rings. The highest BCUT2D eigenvalue weighted by atomic mass is 14.3. The molecule has 0 aliphatic heterocycles. The molecule has 16 heavy (non-hydrogen) atoms. The Morgan fingerprint density at radius 1 is 1.06 bits per heavy atom. The summed E-state index contributed by atoms with van der Waals surface area (Å²) in [6, 6.07) is 6.75. The van der Waals surface area contributed by atoms with Crippen LogP contribution in [-0.2, 0) is 6.42 Å². The summed E-state index contributed by atoms with van der Waals surface area (Å²) in [5, 5.41) is 0. The Balaban J connectivity index is 2.10. The van der Waals surface area contributed by atoms with Crippen molar-refractivity contribution in [2.75, 3.05) is 0 Å². The van der Waals surface area contributed by atoms with Gasteiger partial charge in [0.25, 0.3) is 0 Å². The van der Waals surface area contributed by atoms with E-state index < -0.39 is 0 Å². The SMILES string of the molecule is C1=CC2=C3c4c(cccc4CC2)C=CC3C1. The molecule has 0 amide bonds. The van der Waals surface area contributed by atoms with Gasteiger partial charge in [-0.15, -0.1) is 0 Å². The zero-order chi connectivity index (χ0) is 10.5. The van der Waals surface area contributed by atoms with Crippen molar-refractivity contribution < 1.29 is 0 Å². The number of hydrogen-bond donors (Lipinski definition) is 0. The second kappa shape index (κ2) is 2.98. The molecule has 78 valence electrons. The molecular formula is C16H14. The average Bonchev–Trinajstić information content (AvgIpc) is 2.36. The van der Waals surface area contributed by atoms with Gasteiger partial charge in [-0.3, -0.25) is 0 Å². The van der Waals surface area contributed by atoms with E-state index in [0.29, 0.717) is 5.92 Å². The van der Waals surface area contributed by atoms with Gasteiger partial charge < -0.3 is 0 Å². The molecule has 0 saturated heterocycles. The van der Waals surface area contributed by atoms with Crippen LogP contribution in [0.1, 0.15) is 29.5 Å². The minimum atomic E-state index is 0.647. The molecule has 0 heterocycles. The maximum absolute atomic E-state index is 2.39. The molecule has 0 radical (unpaired) electrons. The van der Waals surface area contributed by atoms with E-state index >= 15 is 0 Å². The van der Waals surface area contributed by atoms with Gasteiger partial charge in [-0.05, 0) is 47.1 Å². The van der Waals surface area contributed by atoms with E-state index in [2.05, 4.69) is 42.5 Å². The smallest absolute Gasteiger partial charge is 0.00649 e. The topological polar surface area (TPSA) is 0 Å². The van der Waals surface area contributed by atoms with Crippen molar-refractivity contribution >= 4 is 11.6 Å². The molecule has 0 spiro atoms. The molecule has 0 nitrogen and oxygen atoms in total. The van der Waals surface area contributed by atoms with Gasteiger partial charge in [0.1, 0.15) is 0 Å². The van der Waals surface area contributed by atoms with Crippen molar-refractivity contribution in [1.82, 2.24) is 0 Å². The standard InChI is InChI=1S/C16H14/c1-3-11-7-9-13-5-2-6-14-10-8-12(4-1)15(11)16(13)14/h1-5,8,10,14H,6-7,9H2. The second-order valence-corrected chi connectivity index (χ2v) is 4.92. The maximum atomic E-state index is 2.39. The summed E-state index contributed by atoms with van der Waals surface area (Å²) < 4.78 is 0. The molecule has 1 unspecified atom stereocenters. The van der Waals surface area contributed by atoms with Gasteiger partial charge in [0, 0.05) is 5.92 Å². The van der Waals surface area contributed by atoms with Crippen LogP contribution in [0, 0.1) is 5.92 Å². The number of benzene rings is 1. The molecular weight excluding hydrogens is 192 g/mol. The molecule has 0 aromatic heterocycles. The Morgan fingerprint density at radius 3 is 3.06 bits per heavy atom. The highest BCUT2D eigenvalue weighted by Crippen LogP contribution is 2.45. The summed E-state index contributed by atoms with van der Waals surface area (Å²) in [6.45, 7) is 0. The van der Waals surface area contributed by atoms with Crippen LogP contribution >= 0.6 is 0 Å².